The topological polar surface area (TPSA) is 62.5 Å². The van der Waals surface area contributed by atoms with Gasteiger partial charge in [0, 0.05) is 24.2 Å². The normalized spacial score (nSPS) is 15.8. The third-order valence-electron chi connectivity index (χ3n) is 7.47. The second-order valence-electron chi connectivity index (χ2n) is 10.6. The number of hydrogen-bond acceptors (Lipinski definition) is 4. The summed E-state index contributed by atoms with van der Waals surface area (Å²) in [6, 6.07) is 17.7. The molecule has 0 amide bonds. The minimum Gasteiger partial charge on any atom is -0.480 e. The van der Waals surface area contributed by atoms with E-state index in [1.807, 2.05) is 67.5 Å². The molecule has 1 aromatic heterocycles. The van der Waals surface area contributed by atoms with Gasteiger partial charge in [-0.15, -0.1) is 0 Å². The highest BCUT2D eigenvalue weighted by molar-refractivity contribution is 7.97. The number of pyridine rings is 1. The Labute approximate surface area is 240 Å². The SMILES string of the molecule is CCCN1CC(C(=O)O)n2c(c(-c3cccc(C(F)(F)F)c3)c(Cc3cccc4ccccc34)c(C(C)C)c2=O)S1. The number of aliphatic carboxylic acids is 1. The lowest BCUT2D eigenvalue weighted by molar-refractivity contribution is -0.141. The first-order chi connectivity index (χ1) is 19.5. The molecule has 0 radical (unpaired) electrons. The third kappa shape index (κ3) is 5.53. The predicted molar refractivity (Wildman–Crippen MR) is 156 cm³/mol. The summed E-state index contributed by atoms with van der Waals surface area (Å²) >= 11 is 1.25. The van der Waals surface area contributed by atoms with Gasteiger partial charge < -0.3 is 5.11 Å². The van der Waals surface area contributed by atoms with Crippen LogP contribution in [0.4, 0.5) is 13.2 Å². The maximum atomic E-state index is 14.2. The second-order valence-corrected chi connectivity index (χ2v) is 11.7. The van der Waals surface area contributed by atoms with E-state index < -0.39 is 29.3 Å². The number of carboxylic acid groups (broad SMARTS) is 1. The molecule has 1 aliphatic rings. The molecular weight excluding hydrogens is 549 g/mol. The number of nitrogens with zero attached hydrogens (tertiary/aromatic N) is 2. The molecule has 0 saturated heterocycles. The fraction of sp³-hybridized carbons (Fsp3) is 0.312. The summed E-state index contributed by atoms with van der Waals surface area (Å²) in [5, 5.41) is 12.6. The van der Waals surface area contributed by atoms with Crippen molar-refractivity contribution in [3.8, 4) is 11.1 Å². The summed E-state index contributed by atoms with van der Waals surface area (Å²) in [4.78, 5) is 26.7. The molecule has 0 aliphatic carbocycles. The lowest BCUT2D eigenvalue weighted by atomic mass is 9.86. The summed E-state index contributed by atoms with van der Waals surface area (Å²) in [5.74, 6) is -1.45. The van der Waals surface area contributed by atoms with Crippen molar-refractivity contribution >= 4 is 28.7 Å². The van der Waals surface area contributed by atoms with E-state index in [2.05, 4.69) is 0 Å². The Balaban J connectivity index is 1.89. The summed E-state index contributed by atoms with van der Waals surface area (Å²) in [6.07, 6.45) is -3.52. The Morgan fingerprint density at radius 3 is 2.46 bits per heavy atom. The molecule has 9 heteroatoms. The van der Waals surface area contributed by atoms with Crippen LogP contribution >= 0.6 is 11.9 Å². The van der Waals surface area contributed by atoms with Gasteiger partial charge >= 0.3 is 12.1 Å². The predicted octanol–water partition coefficient (Wildman–Crippen LogP) is 7.76. The first kappa shape index (κ1) is 29.0. The molecule has 0 saturated carbocycles. The van der Waals surface area contributed by atoms with Gasteiger partial charge in [0.15, 0.2) is 0 Å². The van der Waals surface area contributed by atoms with Crippen LogP contribution in [0.25, 0.3) is 21.9 Å². The van der Waals surface area contributed by atoms with E-state index in [1.54, 1.807) is 6.07 Å². The Morgan fingerprint density at radius 1 is 1.07 bits per heavy atom. The second kappa shape index (κ2) is 11.4. The first-order valence-corrected chi connectivity index (χ1v) is 14.4. The monoisotopic (exact) mass is 580 g/mol. The maximum absolute atomic E-state index is 14.2. The van der Waals surface area contributed by atoms with E-state index in [0.717, 1.165) is 34.9 Å². The molecule has 5 nitrogen and oxygen atoms in total. The number of rotatable bonds is 7. The summed E-state index contributed by atoms with van der Waals surface area (Å²) in [5.41, 5.74) is 1.55. The fourth-order valence-corrected chi connectivity index (χ4v) is 7.05. The molecule has 41 heavy (non-hydrogen) atoms. The number of hydrogen-bond donors (Lipinski definition) is 1. The van der Waals surface area contributed by atoms with Gasteiger partial charge in [-0.3, -0.25) is 9.36 Å². The summed E-state index contributed by atoms with van der Waals surface area (Å²) < 4.78 is 44.9. The van der Waals surface area contributed by atoms with Crippen LogP contribution in [-0.4, -0.2) is 33.0 Å². The first-order valence-electron chi connectivity index (χ1n) is 13.6. The highest BCUT2D eigenvalue weighted by Gasteiger charge is 2.37. The van der Waals surface area contributed by atoms with Gasteiger partial charge in [-0.1, -0.05) is 75.4 Å². The number of carbonyl (C=O) groups is 1. The number of aromatic nitrogens is 1. The standard InChI is InChI=1S/C32H31F3N2O3S/c1-4-15-36-18-26(31(39)40)37-29(38)27(19(2)3)25(17-21-11-7-10-20-9-5-6-14-24(20)21)28(30(37)41-36)22-12-8-13-23(16-22)32(33,34)35/h5-14,16,19,26H,4,15,17-18H2,1-3H3,(H,39,40). The number of fused-ring (bicyclic) bond motifs is 2. The van der Waals surface area contributed by atoms with Gasteiger partial charge in [0.05, 0.1) is 5.56 Å². The van der Waals surface area contributed by atoms with Gasteiger partial charge in [0.2, 0.25) is 0 Å². The number of alkyl halides is 3. The van der Waals surface area contributed by atoms with Crippen molar-refractivity contribution in [3.63, 3.8) is 0 Å². The van der Waals surface area contributed by atoms with Crippen LogP contribution in [0.3, 0.4) is 0 Å². The van der Waals surface area contributed by atoms with Crippen LogP contribution in [0.1, 0.15) is 61.4 Å². The molecule has 0 fully saturated rings. The highest BCUT2D eigenvalue weighted by atomic mass is 32.2. The van der Waals surface area contributed by atoms with Crippen molar-refractivity contribution in [2.75, 3.05) is 13.1 Å². The van der Waals surface area contributed by atoms with Crippen molar-refractivity contribution in [1.29, 1.82) is 0 Å². The maximum Gasteiger partial charge on any atom is 0.416 e. The van der Waals surface area contributed by atoms with Crippen LogP contribution in [-0.2, 0) is 17.4 Å². The van der Waals surface area contributed by atoms with Gasteiger partial charge in [-0.05, 0) is 70.3 Å². The summed E-state index contributed by atoms with van der Waals surface area (Å²) in [6.45, 7) is 6.38. The van der Waals surface area contributed by atoms with Crippen LogP contribution < -0.4 is 5.56 Å². The quantitative estimate of drug-likeness (QED) is 0.227. The molecule has 1 atom stereocenters. The molecule has 2 heterocycles. The zero-order valence-electron chi connectivity index (χ0n) is 23.0. The third-order valence-corrected chi connectivity index (χ3v) is 8.64. The molecule has 1 N–H and O–H groups in total. The van der Waals surface area contributed by atoms with Gasteiger partial charge in [-0.25, -0.2) is 9.10 Å². The summed E-state index contributed by atoms with van der Waals surface area (Å²) in [7, 11) is 0. The number of benzene rings is 3. The van der Waals surface area contributed by atoms with E-state index in [4.69, 9.17) is 0 Å². The zero-order valence-corrected chi connectivity index (χ0v) is 23.9. The average molecular weight is 581 g/mol. The van der Waals surface area contributed by atoms with Crippen molar-refractivity contribution in [2.45, 2.75) is 56.8 Å². The lowest BCUT2D eigenvalue weighted by Gasteiger charge is -2.36. The minimum absolute atomic E-state index is 0.114. The van der Waals surface area contributed by atoms with Crippen molar-refractivity contribution in [1.82, 2.24) is 8.87 Å². The van der Waals surface area contributed by atoms with Crippen LogP contribution in [0, 0.1) is 0 Å². The molecule has 214 valence electrons. The van der Waals surface area contributed by atoms with Crippen LogP contribution in [0.5, 0.6) is 0 Å². The van der Waals surface area contributed by atoms with E-state index >= 15 is 0 Å². The van der Waals surface area contributed by atoms with Crippen molar-refractivity contribution in [3.05, 3.63) is 99.3 Å². The Bertz CT molecular complexity index is 1670. The molecule has 1 unspecified atom stereocenters. The van der Waals surface area contributed by atoms with Gasteiger partial charge in [0.25, 0.3) is 5.56 Å². The Morgan fingerprint density at radius 2 is 1.78 bits per heavy atom. The minimum atomic E-state index is -4.57. The van der Waals surface area contributed by atoms with Crippen LogP contribution in [0.2, 0.25) is 0 Å². The smallest absolute Gasteiger partial charge is 0.416 e. The molecule has 5 rings (SSSR count). The van der Waals surface area contributed by atoms with E-state index in [0.29, 0.717) is 40.2 Å². The molecule has 1 aliphatic heterocycles. The Hall–Kier alpha value is -3.56. The molecule has 4 aromatic rings. The lowest BCUT2D eigenvalue weighted by Crippen LogP contribution is -2.43. The number of halogens is 3. The van der Waals surface area contributed by atoms with E-state index in [-0.39, 0.29) is 12.5 Å². The molecule has 3 aromatic carbocycles. The van der Waals surface area contributed by atoms with Crippen molar-refractivity contribution in [2.24, 2.45) is 0 Å². The Kier molecular flexibility index (Phi) is 8.03. The van der Waals surface area contributed by atoms with Crippen LogP contribution in [0.15, 0.2) is 76.6 Å². The largest absolute Gasteiger partial charge is 0.480 e. The van der Waals surface area contributed by atoms with E-state index in [9.17, 15) is 27.9 Å². The van der Waals surface area contributed by atoms with Gasteiger partial charge in [-0.2, -0.15) is 13.2 Å². The highest BCUT2D eigenvalue weighted by Crippen LogP contribution is 2.44. The zero-order chi connectivity index (χ0) is 29.5. The fourth-order valence-electron chi connectivity index (χ4n) is 5.68. The van der Waals surface area contributed by atoms with Crippen molar-refractivity contribution < 1.29 is 23.1 Å². The molecule has 0 bridgehead atoms. The average Bonchev–Trinajstić information content (AvgIpc) is 2.92. The number of carboxylic acids is 1. The molecule has 0 spiro atoms. The van der Waals surface area contributed by atoms with E-state index in [1.165, 1.54) is 22.6 Å². The van der Waals surface area contributed by atoms with Gasteiger partial charge in [0.1, 0.15) is 11.1 Å². The molecular formula is C32H31F3N2O3S.